The average Bonchev–Trinajstić information content (AvgIpc) is 3.02. The number of carbonyl (C=O) groups is 1. The van der Waals surface area contributed by atoms with Crippen LogP contribution < -0.4 is 10.9 Å². The summed E-state index contributed by atoms with van der Waals surface area (Å²) in [6, 6.07) is 8.36. The van der Waals surface area contributed by atoms with Gasteiger partial charge in [0.05, 0.1) is 12.3 Å². The van der Waals surface area contributed by atoms with E-state index in [1.807, 2.05) is 0 Å². The van der Waals surface area contributed by atoms with Gasteiger partial charge < -0.3 is 9.73 Å². The number of nitrogens with one attached hydrogen (secondary N) is 1. The zero-order valence-electron chi connectivity index (χ0n) is 11.3. The summed E-state index contributed by atoms with van der Waals surface area (Å²) in [4.78, 5) is 28.6. The second kappa shape index (κ2) is 5.24. The van der Waals surface area contributed by atoms with Crippen molar-refractivity contribution >= 4 is 11.6 Å². The topological polar surface area (TPSA) is 76.6 Å². The lowest BCUT2D eigenvalue weighted by Gasteiger charge is -2.11. The maximum atomic E-state index is 12.3. The molecule has 0 spiro atoms. The van der Waals surface area contributed by atoms with Gasteiger partial charge in [-0.15, -0.1) is 0 Å². The minimum absolute atomic E-state index is 0.00268. The van der Waals surface area contributed by atoms with E-state index >= 15 is 0 Å². The van der Waals surface area contributed by atoms with E-state index in [-0.39, 0.29) is 11.6 Å². The van der Waals surface area contributed by atoms with Gasteiger partial charge in [0.1, 0.15) is 17.0 Å². The number of fused-ring (bicyclic) bond motifs is 1. The monoisotopic (exact) mass is 283 g/mol. The van der Waals surface area contributed by atoms with E-state index in [2.05, 4.69) is 10.3 Å². The van der Waals surface area contributed by atoms with Gasteiger partial charge in [-0.2, -0.15) is 0 Å². The molecule has 3 aromatic rings. The molecule has 1 amide bonds. The van der Waals surface area contributed by atoms with Crippen LogP contribution in [0.4, 0.5) is 0 Å². The number of nitrogens with zero attached hydrogens (tertiary/aromatic N) is 2. The summed E-state index contributed by atoms with van der Waals surface area (Å²) in [6.07, 6.45) is 4.41. The Hall–Kier alpha value is -2.89. The Morgan fingerprint density at radius 3 is 2.95 bits per heavy atom. The van der Waals surface area contributed by atoms with Crippen molar-refractivity contribution in [2.75, 3.05) is 0 Å². The average molecular weight is 283 g/mol. The third-order valence-corrected chi connectivity index (χ3v) is 3.18. The van der Waals surface area contributed by atoms with E-state index in [4.69, 9.17) is 4.42 Å². The second-order valence-electron chi connectivity index (χ2n) is 4.62. The van der Waals surface area contributed by atoms with Gasteiger partial charge in [0, 0.05) is 12.4 Å². The highest BCUT2D eigenvalue weighted by Gasteiger charge is 2.17. The van der Waals surface area contributed by atoms with Crippen LogP contribution >= 0.6 is 0 Å². The fraction of sp³-hybridized carbons (Fsp3) is 0.133. The smallest absolute Gasteiger partial charge is 0.270 e. The molecule has 0 aliphatic heterocycles. The molecular weight excluding hydrogens is 270 g/mol. The molecule has 21 heavy (non-hydrogen) atoms. The Morgan fingerprint density at radius 2 is 2.19 bits per heavy atom. The van der Waals surface area contributed by atoms with Crippen LogP contribution in [0.3, 0.4) is 0 Å². The van der Waals surface area contributed by atoms with Crippen molar-refractivity contribution in [2.45, 2.75) is 13.0 Å². The summed E-state index contributed by atoms with van der Waals surface area (Å²) >= 11 is 0. The van der Waals surface area contributed by atoms with Crippen molar-refractivity contribution in [3.63, 3.8) is 0 Å². The van der Waals surface area contributed by atoms with E-state index in [9.17, 15) is 9.59 Å². The minimum atomic E-state index is -0.477. The van der Waals surface area contributed by atoms with Crippen LogP contribution in [0.25, 0.3) is 5.65 Å². The molecule has 1 atom stereocenters. The fourth-order valence-electron chi connectivity index (χ4n) is 2.07. The molecule has 3 rings (SSSR count). The van der Waals surface area contributed by atoms with Crippen molar-refractivity contribution in [3.05, 3.63) is 70.7 Å². The Morgan fingerprint density at radius 1 is 1.33 bits per heavy atom. The Bertz CT molecular complexity index is 837. The largest absolute Gasteiger partial charge is 0.467 e. The molecule has 0 radical (unpaired) electrons. The summed E-state index contributed by atoms with van der Waals surface area (Å²) in [5, 5.41) is 2.72. The van der Waals surface area contributed by atoms with Crippen LogP contribution in [-0.4, -0.2) is 15.3 Å². The molecule has 0 bridgehead atoms. The lowest BCUT2D eigenvalue weighted by Crippen LogP contribution is -2.33. The molecule has 0 aliphatic rings. The summed E-state index contributed by atoms with van der Waals surface area (Å²) in [6.45, 7) is 1.78. The zero-order chi connectivity index (χ0) is 14.8. The Kier molecular flexibility index (Phi) is 3.27. The Balaban J connectivity index is 1.92. The van der Waals surface area contributed by atoms with E-state index in [0.717, 1.165) is 0 Å². The fourth-order valence-corrected chi connectivity index (χ4v) is 2.07. The molecule has 0 saturated carbocycles. The van der Waals surface area contributed by atoms with Gasteiger partial charge in [0.25, 0.3) is 11.5 Å². The predicted octanol–water partition coefficient (Wildman–Crippen LogP) is 1.78. The van der Waals surface area contributed by atoms with Gasteiger partial charge >= 0.3 is 0 Å². The Labute approximate surface area is 120 Å². The quantitative estimate of drug-likeness (QED) is 0.795. The van der Waals surface area contributed by atoms with Crippen molar-refractivity contribution in [3.8, 4) is 0 Å². The highest BCUT2D eigenvalue weighted by molar-refractivity contribution is 5.93. The molecule has 6 nitrogen and oxygen atoms in total. The number of aromatic nitrogens is 2. The molecule has 0 aliphatic carbocycles. The van der Waals surface area contributed by atoms with Gasteiger partial charge in [0.2, 0.25) is 0 Å². The van der Waals surface area contributed by atoms with Crippen LogP contribution in [0.2, 0.25) is 0 Å². The SMILES string of the molecule is CC(NC(=O)c1cnc2ccccn2c1=O)c1ccco1. The molecule has 106 valence electrons. The lowest BCUT2D eigenvalue weighted by molar-refractivity contribution is 0.0933. The van der Waals surface area contributed by atoms with Crippen molar-refractivity contribution in [1.29, 1.82) is 0 Å². The number of rotatable bonds is 3. The number of furan rings is 1. The highest BCUT2D eigenvalue weighted by Crippen LogP contribution is 2.12. The molecule has 1 unspecified atom stereocenters. The molecule has 1 N–H and O–H groups in total. The van der Waals surface area contributed by atoms with Crippen molar-refractivity contribution < 1.29 is 9.21 Å². The molecule has 0 fully saturated rings. The first-order chi connectivity index (χ1) is 10.2. The van der Waals surface area contributed by atoms with Crippen LogP contribution in [-0.2, 0) is 0 Å². The van der Waals surface area contributed by atoms with Gasteiger partial charge in [-0.05, 0) is 31.2 Å². The molecule has 0 saturated heterocycles. The lowest BCUT2D eigenvalue weighted by atomic mass is 10.2. The van der Waals surface area contributed by atoms with Gasteiger partial charge in [-0.1, -0.05) is 6.07 Å². The van der Waals surface area contributed by atoms with Gasteiger partial charge in [-0.25, -0.2) is 4.98 Å². The molecule has 6 heteroatoms. The summed E-state index contributed by atoms with van der Waals surface area (Å²) in [7, 11) is 0. The van der Waals surface area contributed by atoms with Crippen LogP contribution in [0.15, 0.2) is 58.2 Å². The number of hydrogen-bond donors (Lipinski definition) is 1. The van der Waals surface area contributed by atoms with Crippen molar-refractivity contribution in [1.82, 2.24) is 14.7 Å². The predicted molar refractivity (Wildman–Crippen MR) is 76.1 cm³/mol. The number of carbonyl (C=O) groups excluding carboxylic acids is 1. The summed E-state index contributed by atoms with van der Waals surface area (Å²) < 4.78 is 6.56. The molecular formula is C15H13N3O3. The third-order valence-electron chi connectivity index (χ3n) is 3.18. The van der Waals surface area contributed by atoms with E-state index in [1.54, 1.807) is 43.5 Å². The van der Waals surface area contributed by atoms with E-state index in [0.29, 0.717) is 11.4 Å². The first kappa shape index (κ1) is 13.1. The van der Waals surface area contributed by atoms with Gasteiger partial charge in [-0.3, -0.25) is 14.0 Å². The summed E-state index contributed by atoms with van der Waals surface area (Å²) in [5.74, 6) is 0.145. The standard InChI is InChI=1S/C15H13N3O3/c1-10(12-5-4-8-21-12)17-14(19)11-9-16-13-6-2-3-7-18(13)15(11)20/h2-10H,1H3,(H,17,19). The second-order valence-corrected chi connectivity index (χ2v) is 4.62. The molecule has 0 aromatic carbocycles. The molecule has 3 aromatic heterocycles. The summed E-state index contributed by atoms with van der Waals surface area (Å²) in [5.41, 5.74) is 0.0972. The van der Waals surface area contributed by atoms with Crippen LogP contribution in [0.5, 0.6) is 0 Å². The number of pyridine rings is 1. The van der Waals surface area contributed by atoms with E-state index < -0.39 is 11.5 Å². The van der Waals surface area contributed by atoms with Gasteiger partial charge in [0.15, 0.2) is 0 Å². The van der Waals surface area contributed by atoms with Crippen LogP contribution in [0.1, 0.15) is 29.1 Å². The van der Waals surface area contributed by atoms with Crippen LogP contribution in [0, 0.1) is 0 Å². The van der Waals surface area contributed by atoms with Crippen molar-refractivity contribution in [2.24, 2.45) is 0 Å². The third kappa shape index (κ3) is 2.43. The maximum Gasteiger partial charge on any atom is 0.270 e. The highest BCUT2D eigenvalue weighted by atomic mass is 16.3. The first-order valence-electron chi connectivity index (χ1n) is 6.47. The number of amides is 1. The minimum Gasteiger partial charge on any atom is -0.467 e. The maximum absolute atomic E-state index is 12.3. The first-order valence-corrected chi connectivity index (χ1v) is 6.47. The molecule has 3 heterocycles. The van der Waals surface area contributed by atoms with E-state index in [1.165, 1.54) is 16.9 Å². The zero-order valence-corrected chi connectivity index (χ0v) is 11.3. The normalized spacial score (nSPS) is 12.2. The number of hydrogen-bond acceptors (Lipinski definition) is 4.